The van der Waals surface area contributed by atoms with Crippen LogP contribution in [0.25, 0.3) is 26.6 Å². The zero-order valence-electron chi connectivity index (χ0n) is 19.7. The Balaban J connectivity index is 1.64. The first-order valence-corrected chi connectivity index (χ1v) is 14.4. The Labute approximate surface area is 203 Å². The molecule has 0 spiro atoms. The molecule has 0 aliphatic heterocycles. The average molecular weight is 457 g/mol. The van der Waals surface area contributed by atoms with Gasteiger partial charge in [-0.05, 0) is 83.4 Å². The third kappa shape index (κ3) is 2.67. The number of allylic oxidation sites excluding steroid dienone is 14. The SMILES string of the molecule is Cp1c2ccccc2c2cc3c(cc21)C1=C(C=CCC=C1)C3(C1=CC=CCC1)C1C=CC=CC1. The van der Waals surface area contributed by atoms with Gasteiger partial charge in [-0.25, -0.2) is 0 Å². The molecule has 2 aromatic carbocycles. The second kappa shape index (κ2) is 7.72. The maximum atomic E-state index is 2.61. The normalized spacial score (nSPS) is 25.7. The van der Waals surface area contributed by atoms with Crippen LogP contribution in [0.1, 0.15) is 36.8 Å². The lowest BCUT2D eigenvalue weighted by atomic mass is 9.59. The lowest BCUT2D eigenvalue weighted by molar-refractivity contribution is 0.433. The number of fused-ring (bicyclic) bond motifs is 5. The van der Waals surface area contributed by atoms with E-state index in [-0.39, 0.29) is 12.9 Å². The summed E-state index contributed by atoms with van der Waals surface area (Å²) in [4.78, 5) is 0. The molecular weight excluding hydrogens is 427 g/mol. The van der Waals surface area contributed by atoms with Gasteiger partial charge >= 0.3 is 0 Å². The molecule has 3 unspecified atom stereocenters. The van der Waals surface area contributed by atoms with Gasteiger partial charge in [0.2, 0.25) is 0 Å². The molecule has 0 radical (unpaired) electrons. The summed E-state index contributed by atoms with van der Waals surface area (Å²) >= 11 is 0. The van der Waals surface area contributed by atoms with Gasteiger partial charge in [0, 0.05) is 15.7 Å². The highest BCUT2D eigenvalue weighted by Crippen LogP contribution is 2.61. The van der Waals surface area contributed by atoms with E-state index in [2.05, 4.69) is 110 Å². The summed E-state index contributed by atoms with van der Waals surface area (Å²) in [7, 11) is -0.310. The summed E-state index contributed by atoms with van der Waals surface area (Å²) in [6, 6.07) is 14.3. The summed E-state index contributed by atoms with van der Waals surface area (Å²) in [5, 5.41) is 6.01. The Morgan fingerprint density at radius 2 is 1.79 bits per heavy atom. The molecule has 4 aliphatic rings. The highest BCUT2D eigenvalue weighted by atomic mass is 31.1. The number of aryl methyl sites for hydroxylation is 1. The van der Waals surface area contributed by atoms with Crippen molar-refractivity contribution in [3.05, 3.63) is 126 Å². The van der Waals surface area contributed by atoms with Crippen LogP contribution >= 0.6 is 7.53 Å². The van der Waals surface area contributed by atoms with Crippen molar-refractivity contribution in [2.45, 2.75) is 31.1 Å². The molecule has 0 fully saturated rings. The smallest absolute Gasteiger partial charge is 0.0492 e. The molecule has 1 heterocycles. The molecule has 0 saturated carbocycles. The molecule has 166 valence electrons. The fraction of sp³-hybridized carbons (Fsp3) is 0.212. The minimum absolute atomic E-state index is 0.106. The standard InChI is InChI=1S/C33H29P/c1-34-31-20-12-11-18-26(31)28-21-30-27(22-32(28)34)25-17-9-4-10-19-29(25)33(30,23-13-5-2-6-14-23)24-15-7-3-8-16-24/h2-3,5-7,9-13,15,17-23H,4,8,14,16H2,1H3. The maximum Gasteiger partial charge on any atom is 0.0492 e. The van der Waals surface area contributed by atoms with Crippen LogP contribution in [-0.2, 0) is 12.1 Å². The molecule has 34 heavy (non-hydrogen) atoms. The summed E-state index contributed by atoms with van der Waals surface area (Å²) in [5.74, 6) is 0.426. The van der Waals surface area contributed by atoms with Crippen LogP contribution in [0.15, 0.2) is 114 Å². The molecule has 0 saturated heterocycles. The Morgan fingerprint density at radius 3 is 2.65 bits per heavy atom. The Bertz CT molecular complexity index is 1560. The predicted octanol–water partition coefficient (Wildman–Crippen LogP) is 9.45. The molecule has 3 aromatic rings. The molecule has 0 N–H and O–H groups in total. The minimum Gasteiger partial charge on any atom is -0.112 e. The number of hydrogen-bond donors (Lipinski definition) is 0. The number of rotatable bonds is 2. The quantitative estimate of drug-likeness (QED) is 0.360. The second-order valence-electron chi connectivity index (χ2n) is 9.98. The van der Waals surface area contributed by atoms with E-state index in [1.54, 1.807) is 10.7 Å². The van der Waals surface area contributed by atoms with Gasteiger partial charge < -0.3 is 0 Å². The van der Waals surface area contributed by atoms with E-state index < -0.39 is 0 Å². The molecule has 7 rings (SSSR count). The van der Waals surface area contributed by atoms with Crippen molar-refractivity contribution < 1.29 is 0 Å². The first-order chi connectivity index (χ1) is 16.8. The molecule has 4 aliphatic carbocycles. The third-order valence-corrected chi connectivity index (χ3v) is 10.6. The topological polar surface area (TPSA) is 0 Å². The first-order valence-electron chi connectivity index (χ1n) is 12.6. The van der Waals surface area contributed by atoms with Crippen LogP contribution in [0, 0.1) is 5.92 Å². The van der Waals surface area contributed by atoms with E-state index in [1.165, 1.54) is 38.2 Å². The van der Waals surface area contributed by atoms with Crippen LogP contribution in [0.4, 0.5) is 0 Å². The lowest BCUT2D eigenvalue weighted by Crippen LogP contribution is -2.37. The van der Waals surface area contributed by atoms with E-state index in [9.17, 15) is 0 Å². The Kier molecular flexibility index (Phi) is 4.61. The molecule has 0 amide bonds. The second-order valence-corrected chi connectivity index (χ2v) is 12.1. The van der Waals surface area contributed by atoms with Gasteiger partial charge in [0.1, 0.15) is 0 Å². The van der Waals surface area contributed by atoms with Gasteiger partial charge in [-0.15, -0.1) is 7.53 Å². The van der Waals surface area contributed by atoms with E-state index in [4.69, 9.17) is 0 Å². The van der Waals surface area contributed by atoms with E-state index in [0.717, 1.165) is 25.7 Å². The maximum absolute atomic E-state index is 2.61. The molecule has 1 aromatic heterocycles. The summed E-state index contributed by atoms with van der Waals surface area (Å²) in [6.45, 7) is 2.44. The monoisotopic (exact) mass is 456 g/mol. The van der Waals surface area contributed by atoms with Gasteiger partial charge in [-0.3, -0.25) is 0 Å². The highest BCUT2D eigenvalue weighted by Gasteiger charge is 2.50. The first kappa shape index (κ1) is 20.3. The van der Waals surface area contributed by atoms with Crippen molar-refractivity contribution in [3.8, 4) is 0 Å². The zero-order valence-corrected chi connectivity index (χ0v) is 20.6. The zero-order chi connectivity index (χ0) is 22.7. The molecule has 3 atom stereocenters. The van der Waals surface area contributed by atoms with Gasteiger partial charge in [0.15, 0.2) is 0 Å². The highest BCUT2D eigenvalue weighted by molar-refractivity contribution is 7.59. The van der Waals surface area contributed by atoms with Crippen molar-refractivity contribution >= 4 is 34.1 Å². The largest absolute Gasteiger partial charge is 0.112 e. The summed E-state index contributed by atoms with van der Waals surface area (Å²) in [6.07, 6.45) is 30.4. The van der Waals surface area contributed by atoms with Crippen molar-refractivity contribution in [3.63, 3.8) is 0 Å². The van der Waals surface area contributed by atoms with Crippen LogP contribution in [0.3, 0.4) is 0 Å². The molecule has 0 nitrogen and oxygen atoms in total. The average Bonchev–Trinajstić information content (AvgIpc) is 3.18. The van der Waals surface area contributed by atoms with E-state index >= 15 is 0 Å². The van der Waals surface area contributed by atoms with Crippen molar-refractivity contribution in [1.29, 1.82) is 0 Å². The fourth-order valence-corrected chi connectivity index (χ4v) is 8.92. The van der Waals surface area contributed by atoms with Gasteiger partial charge in [0.05, 0.1) is 0 Å². The molecule has 0 bridgehead atoms. The summed E-state index contributed by atoms with van der Waals surface area (Å²) in [5.41, 5.74) is 7.43. The van der Waals surface area contributed by atoms with Gasteiger partial charge in [-0.2, -0.15) is 0 Å². The molecular formula is C33H29P. The third-order valence-electron chi connectivity index (χ3n) is 8.38. The number of benzene rings is 2. The van der Waals surface area contributed by atoms with Crippen LogP contribution in [0.5, 0.6) is 0 Å². The van der Waals surface area contributed by atoms with Crippen LogP contribution in [0.2, 0.25) is 0 Å². The fourth-order valence-electron chi connectivity index (χ4n) is 6.92. The van der Waals surface area contributed by atoms with Gasteiger partial charge in [0.25, 0.3) is 0 Å². The van der Waals surface area contributed by atoms with Crippen molar-refractivity contribution in [2.24, 2.45) is 12.6 Å². The number of hydrogen-bond acceptors (Lipinski definition) is 0. The van der Waals surface area contributed by atoms with Crippen molar-refractivity contribution in [2.75, 3.05) is 0 Å². The Hall–Kier alpha value is -3.08. The van der Waals surface area contributed by atoms with Crippen molar-refractivity contribution in [1.82, 2.24) is 0 Å². The van der Waals surface area contributed by atoms with E-state index in [1.807, 2.05) is 0 Å². The van der Waals surface area contributed by atoms with E-state index in [0.29, 0.717) is 5.92 Å². The minimum atomic E-state index is -0.310. The van der Waals surface area contributed by atoms with Crippen LogP contribution < -0.4 is 0 Å². The van der Waals surface area contributed by atoms with Crippen LogP contribution in [-0.4, -0.2) is 0 Å². The summed E-state index contributed by atoms with van der Waals surface area (Å²) < 4.78 is 0. The Morgan fingerprint density at radius 1 is 0.882 bits per heavy atom. The predicted molar refractivity (Wildman–Crippen MR) is 149 cm³/mol. The molecule has 1 heteroatoms. The van der Waals surface area contributed by atoms with Gasteiger partial charge in [-0.1, -0.05) is 96.7 Å². The lowest BCUT2D eigenvalue weighted by Gasteiger charge is -2.43.